The van der Waals surface area contributed by atoms with E-state index in [0.717, 1.165) is 11.1 Å². The zero-order valence-corrected chi connectivity index (χ0v) is 19.2. The van der Waals surface area contributed by atoms with E-state index in [-0.39, 0.29) is 30.2 Å². The van der Waals surface area contributed by atoms with E-state index >= 15 is 0 Å². The van der Waals surface area contributed by atoms with Crippen molar-refractivity contribution in [2.24, 2.45) is 0 Å². The summed E-state index contributed by atoms with van der Waals surface area (Å²) in [6, 6.07) is 10.8. The number of carbonyl (C=O) groups is 2. The number of rotatable bonds is 9. The number of amides is 2. The van der Waals surface area contributed by atoms with Crippen molar-refractivity contribution in [1.29, 1.82) is 0 Å². The standard InChI is InChI=1S/C25H29N5O3/c1-4-30(5-2)23(32)16-18-6-8-20(9-7-18)28-22(31)11-10-21-17(3)27-24(29-25(21)33)19-12-14-26-15-13-19/h6-9,12-15H,4-5,10-11,16H2,1-3H3,(H,28,31)(H,27,29,33). The maximum Gasteiger partial charge on any atom is 0.254 e. The van der Waals surface area contributed by atoms with Crippen molar-refractivity contribution in [3.63, 3.8) is 0 Å². The smallest absolute Gasteiger partial charge is 0.254 e. The molecule has 2 amide bonds. The lowest BCUT2D eigenvalue weighted by molar-refractivity contribution is -0.130. The first-order valence-corrected chi connectivity index (χ1v) is 11.1. The Morgan fingerprint density at radius 2 is 1.70 bits per heavy atom. The lowest BCUT2D eigenvalue weighted by Gasteiger charge is -2.18. The van der Waals surface area contributed by atoms with Gasteiger partial charge < -0.3 is 15.2 Å². The molecule has 2 aromatic heterocycles. The third-order valence-electron chi connectivity index (χ3n) is 5.49. The summed E-state index contributed by atoms with van der Waals surface area (Å²) in [6.45, 7) is 7.06. The van der Waals surface area contributed by atoms with Gasteiger partial charge >= 0.3 is 0 Å². The molecule has 0 spiro atoms. The van der Waals surface area contributed by atoms with Gasteiger partial charge in [0.15, 0.2) is 0 Å². The van der Waals surface area contributed by atoms with Crippen LogP contribution in [0.2, 0.25) is 0 Å². The van der Waals surface area contributed by atoms with Gasteiger partial charge in [-0.2, -0.15) is 0 Å². The largest absolute Gasteiger partial charge is 0.343 e. The quantitative estimate of drug-likeness (QED) is 0.524. The summed E-state index contributed by atoms with van der Waals surface area (Å²) in [5.74, 6) is 0.368. The van der Waals surface area contributed by atoms with E-state index in [4.69, 9.17) is 0 Å². The number of aryl methyl sites for hydroxylation is 1. The number of carbonyl (C=O) groups excluding carboxylic acids is 2. The minimum absolute atomic E-state index is 0.0842. The molecule has 0 saturated heterocycles. The van der Waals surface area contributed by atoms with Crippen LogP contribution in [0, 0.1) is 6.92 Å². The van der Waals surface area contributed by atoms with Crippen LogP contribution >= 0.6 is 0 Å². The number of nitrogens with one attached hydrogen (secondary N) is 2. The number of nitrogens with zero attached hydrogens (tertiary/aromatic N) is 3. The minimum atomic E-state index is -0.246. The molecule has 1 aromatic carbocycles. The molecular weight excluding hydrogens is 418 g/mol. The van der Waals surface area contributed by atoms with Crippen LogP contribution in [0.15, 0.2) is 53.6 Å². The summed E-state index contributed by atoms with van der Waals surface area (Å²) < 4.78 is 0. The van der Waals surface area contributed by atoms with Gasteiger partial charge in [-0.3, -0.25) is 19.4 Å². The molecule has 0 bridgehead atoms. The highest BCUT2D eigenvalue weighted by atomic mass is 16.2. The molecule has 33 heavy (non-hydrogen) atoms. The van der Waals surface area contributed by atoms with Crippen LogP contribution < -0.4 is 10.9 Å². The number of likely N-dealkylation sites (N-methyl/N-ethyl adjacent to an activating group) is 1. The van der Waals surface area contributed by atoms with E-state index in [9.17, 15) is 14.4 Å². The fourth-order valence-corrected chi connectivity index (χ4v) is 3.58. The molecule has 0 saturated carbocycles. The molecule has 8 nitrogen and oxygen atoms in total. The number of hydrogen-bond donors (Lipinski definition) is 2. The Morgan fingerprint density at radius 3 is 2.30 bits per heavy atom. The Labute approximate surface area is 193 Å². The number of aromatic amines is 1. The fourth-order valence-electron chi connectivity index (χ4n) is 3.58. The first kappa shape index (κ1) is 23.8. The zero-order chi connectivity index (χ0) is 23.8. The molecule has 0 fully saturated rings. The van der Waals surface area contributed by atoms with Gasteiger partial charge in [0.1, 0.15) is 5.82 Å². The number of aromatic nitrogens is 3. The van der Waals surface area contributed by atoms with E-state index in [0.29, 0.717) is 42.3 Å². The number of H-pyrrole nitrogens is 1. The predicted octanol–water partition coefficient (Wildman–Crippen LogP) is 3.12. The van der Waals surface area contributed by atoms with Crippen LogP contribution in [0.5, 0.6) is 0 Å². The molecule has 172 valence electrons. The summed E-state index contributed by atoms with van der Waals surface area (Å²) in [6.07, 6.45) is 4.05. The monoisotopic (exact) mass is 447 g/mol. The molecule has 0 radical (unpaired) electrons. The second-order valence-corrected chi connectivity index (χ2v) is 7.70. The van der Waals surface area contributed by atoms with E-state index < -0.39 is 0 Å². The number of hydrogen-bond acceptors (Lipinski definition) is 5. The number of anilines is 1. The number of pyridine rings is 1. The normalized spacial score (nSPS) is 10.6. The van der Waals surface area contributed by atoms with Crippen molar-refractivity contribution in [1.82, 2.24) is 19.9 Å². The van der Waals surface area contributed by atoms with Gasteiger partial charge in [0.2, 0.25) is 11.8 Å². The Balaban J connectivity index is 1.57. The van der Waals surface area contributed by atoms with Crippen molar-refractivity contribution in [2.45, 2.75) is 40.0 Å². The third-order valence-corrected chi connectivity index (χ3v) is 5.49. The van der Waals surface area contributed by atoms with Crippen LogP contribution in [-0.2, 0) is 22.4 Å². The average Bonchev–Trinajstić information content (AvgIpc) is 2.81. The van der Waals surface area contributed by atoms with E-state index in [1.54, 1.807) is 48.5 Å². The Hall–Kier alpha value is -3.81. The molecule has 0 aliphatic rings. The van der Waals surface area contributed by atoms with Crippen LogP contribution in [0.4, 0.5) is 5.69 Å². The van der Waals surface area contributed by atoms with Gasteiger partial charge in [0, 0.05) is 54.4 Å². The Morgan fingerprint density at radius 1 is 1.03 bits per heavy atom. The molecule has 8 heteroatoms. The highest BCUT2D eigenvalue weighted by molar-refractivity contribution is 5.91. The van der Waals surface area contributed by atoms with E-state index in [1.807, 2.05) is 26.0 Å². The van der Waals surface area contributed by atoms with Crippen molar-refractivity contribution < 1.29 is 9.59 Å². The topological polar surface area (TPSA) is 108 Å². The molecule has 0 aliphatic heterocycles. The molecule has 0 atom stereocenters. The third kappa shape index (κ3) is 6.35. The van der Waals surface area contributed by atoms with E-state index in [1.165, 1.54) is 0 Å². The van der Waals surface area contributed by atoms with Crippen LogP contribution in [0.25, 0.3) is 11.4 Å². The van der Waals surface area contributed by atoms with E-state index in [2.05, 4.69) is 20.3 Å². The summed E-state index contributed by atoms with van der Waals surface area (Å²) in [4.78, 5) is 50.2. The van der Waals surface area contributed by atoms with Crippen molar-refractivity contribution in [3.8, 4) is 11.4 Å². The van der Waals surface area contributed by atoms with Gasteiger partial charge in [-0.15, -0.1) is 0 Å². The van der Waals surface area contributed by atoms with Crippen molar-refractivity contribution in [3.05, 3.63) is 76.0 Å². The Kier molecular flexibility index (Phi) is 8.07. The van der Waals surface area contributed by atoms with Gasteiger partial charge in [0.05, 0.1) is 6.42 Å². The van der Waals surface area contributed by atoms with Crippen molar-refractivity contribution >= 4 is 17.5 Å². The van der Waals surface area contributed by atoms with Gasteiger partial charge in [-0.25, -0.2) is 4.98 Å². The molecule has 3 aromatic rings. The SMILES string of the molecule is CCN(CC)C(=O)Cc1ccc(NC(=O)CCc2c(C)nc(-c3ccncc3)[nH]c2=O)cc1. The van der Waals surface area contributed by atoms with Gasteiger partial charge in [-0.1, -0.05) is 12.1 Å². The summed E-state index contributed by atoms with van der Waals surface area (Å²) in [5, 5.41) is 2.84. The second kappa shape index (κ2) is 11.2. The summed E-state index contributed by atoms with van der Waals surface area (Å²) in [5.41, 5.74) is 3.16. The van der Waals surface area contributed by atoms with Crippen LogP contribution in [-0.4, -0.2) is 44.8 Å². The minimum Gasteiger partial charge on any atom is -0.343 e. The van der Waals surface area contributed by atoms with Gasteiger partial charge in [-0.05, 0) is 57.0 Å². The lowest BCUT2D eigenvalue weighted by Crippen LogP contribution is -2.31. The zero-order valence-electron chi connectivity index (χ0n) is 19.2. The predicted molar refractivity (Wildman–Crippen MR) is 128 cm³/mol. The molecule has 0 unspecified atom stereocenters. The highest BCUT2D eigenvalue weighted by Gasteiger charge is 2.13. The fraction of sp³-hybridized carbons (Fsp3) is 0.320. The second-order valence-electron chi connectivity index (χ2n) is 7.70. The average molecular weight is 448 g/mol. The summed E-state index contributed by atoms with van der Waals surface area (Å²) >= 11 is 0. The van der Waals surface area contributed by atoms with Gasteiger partial charge in [0.25, 0.3) is 5.56 Å². The highest BCUT2D eigenvalue weighted by Crippen LogP contribution is 2.15. The maximum atomic E-state index is 12.5. The molecule has 3 rings (SSSR count). The van der Waals surface area contributed by atoms with Crippen LogP contribution in [0.1, 0.15) is 37.1 Å². The first-order chi connectivity index (χ1) is 15.9. The molecule has 0 aliphatic carbocycles. The first-order valence-electron chi connectivity index (χ1n) is 11.1. The molecule has 2 heterocycles. The van der Waals surface area contributed by atoms with Crippen LogP contribution in [0.3, 0.4) is 0 Å². The number of benzene rings is 1. The molecular formula is C25H29N5O3. The van der Waals surface area contributed by atoms with Crippen molar-refractivity contribution in [2.75, 3.05) is 18.4 Å². The maximum absolute atomic E-state index is 12.5. The molecule has 2 N–H and O–H groups in total. The lowest BCUT2D eigenvalue weighted by atomic mass is 10.1. The summed E-state index contributed by atoms with van der Waals surface area (Å²) in [7, 11) is 0. The Bertz CT molecular complexity index is 1150.